The van der Waals surface area contributed by atoms with Crippen LogP contribution in [0.4, 0.5) is 4.39 Å². The first-order chi connectivity index (χ1) is 11.1. The van der Waals surface area contributed by atoms with Crippen molar-refractivity contribution in [1.82, 2.24) is 9.55 Å². The maximum Gasteiger partial charge on any atom is 0.150 e. The Morgan fingerprint density at radius 2 is 2.30 bits per heavy atom. The third-order valence-electron chi connectivity index (χ3n) is 3.20. The highest BCUT2D eigenvalue weighted by atomic mass is 79.9. The van der Waals surface area contributed by atoms with Crippen molar-refractivity contribution in [3.63, 3.8) is 0 Å². The number of imidazole rings is 1. The van der Waals surface area contributed by atoms with Crippen molar-refractivity contribution in [2.45, 2.75) is 13.5 Å². The molecule has 0 fully saturated rings. The molecule has 1 heterocycles. The van der Waals surface area contributed by atoms with Crippen molar-refractivity contribution in [1.29, 1.82) is 0 Å². The molecule has 0 unspecified atom stereocenters. The van der Waals surface area contributed by atoms with E-state index in [9.17, 15) is 9.18 Å². The normalized spacial score (nSPS) is 12.5. The van der Waals surface area contributed by atoms with Crippen LogP contribution < -0.4 is 5.73 Å². The second-order valence-electron chi connectivity index (χ2n) is 4.69. The average Bonchev–Trinajstić information content (AvgIpc) is 3.00. The van der Waals surface area contributed by atoms with Crippen LogP contribution in [0.2, 0.25) is 0 Å². The van der Waals surface area contributed by atoms with Crippen LogP contribution in [0.3, 0.4) is 0 Å². The lowest BCUT2D eigenvalue weighted by atomic mass is 10.1. The predicted octanol–water partition coefficient (Wildman–Crippen LogP) is 3.16. The highest BCUT2D eigenvalue weighted by Crippen LogP contribution is 2.23. The number of aldehydes is 1. The molecule has 0 saturated carbocycles. The maximum absolute atomic E-state index is 13.3. The molecule has 23 heavy (non-hydrogen) atoms. The molecule has 0 radical (unpaired) electrons. The number of hydrogen-bond acceptors (Lipinski definition) is 4. The van der Waals surface area contributed by atoms with Crippen LogP contribution in [0.5, 0.6) is 0 Å². The number of aliphatic imine (C=N–C) groups is 1. The first kappa shape index (κ1) is 17.1. The van der Waals surface area contributed by atoms with Crippen molar-refractivity contribution < 1.29 is 9.18 Å². The molecule has 2 aromatic rings. The number of allylic oxidation sites excluding steroid dienone is 1. The Kier molecular flexibility index (Phi) is 5.81. The Balaban J connectivity index is 2.41. The van der Waals surface area contributed by atoms with E-state index in [-0.39, 0.29) is 5.56 Å². The van der Waals surface area contributed by atoms with Gasteiger partial charge in [0.05, 0.1) is 6.54 Å². The summed E-state index contributed by atoms with van der Waals surface area (Å²) in [6.07, 6.45) is 5.47. The molecule has 120 valence electrons. The van der Waals surface area contributed by atoms with Gasteiger partial charge in [-0.05, 0) is 41.1 Å². The summed E-state index contributed by atoms with van der Waals surface area (Å²) >= 11 is 3.39. The molecule has 1 aromatic carbocycles. The van der Waals surface area contributed by atoms with E-state index in [4.69, 9.17) is 5.73 Å². The second-order valence-corrected chi connectivity index (χ2v) is 5.44. The Bertz CT molecular complexity index is 767. The fraction of sp³-hybridized carbons (Fsp3) is 0.188. The zero-order chi connectivity index (χ0) is 16.8. The van der Waals surface area contributed by atoms with Crippen LogP contribution in [0.25, 0.3) is 11.4 Å². The highest BCUT2D eigenvalue weighted by Gasteiger charge is 2.13. The van der Waals surface area contributed by atoms with Crippen LogP contribution in [0.15, 0.2) is 47.4 Å². The van der Waals surface area contributed by atoms with E-state index in [1.807, 2.05) is 11.5 Å². The standard InChI is InChI=1S/C16H16BrFN4O/c1-2-20-15(17)12(8-19)9-22-6-5-21-16(22)14-4-3-13(18)7-11(14)10-23/h3-8,10H,2,9,19H2,1H3. The summed E-state index contributed by atoms with van der Waals surface area (Å²) in [5, 5.41) is 0. The molecule has 0 atom stereocenters. The number of benzene rings is 1. The van der Waals surface area contributed by atoms with Crippen LogP contribution in [0.1, 0.15) is 17.3 Å². The van der Waals surface area contributed by atoms with Crippen LogP contribution >= 0.6 is 15.9 Å². The molecule has 2 N–H and O–H groups in total. The van der Waals surface area contributed by atoms with Gasteiger partial charge in [0.15, 0.2) is 6.29 Å². The van der Waals surface area contributed by atoms with Crippen molar-refractivity contribution >= 4 is 26.8 Å². The van der Waals surface area contributed by atoms with Gasteiger partial charge in [-0.3, -0.25) is 9.79 Å². The van der Waals surface area contributed by atoms with Gasteiger partial charge >= 0.3 is 0 Å². The zero-order valence-corrected chi connectivity index (χ0v) is 14.1. The van der Waals surface area contributed by atoms with E-state index in [1.165, 1.54) is 18.3 Å². The van der Waals surface area contributed by atoms with Crippen LogP contribution in [-0.4, -0.2) is 27.0 Å². The monoisotopic (exact) mass is 378 g/mol. The number of aromatic nitrogens is 2. The smallest absolute Gasteiger partial charge is 0.150 e. The lowest BCUT2D eigenvalue weighted by molar-refractivity contribution is 0.112. The number of carbonyl (C=O) groups excluding carboxylic acids is 1. The average molecular weight is 379 g/mol. The quantitative estimate of drug-likeness (QED) is 0.619. The number of nitrogens with zero attached hydrogens (tertiary/aromatic N) is 3. The SMILES string of the molecule is CCN=C(Br)C(=CN)Cn1ccnc1-c1ccc(F)cc1C=O. The number of rotatable bonds is 6. The first-order valence-electron chi connectivity index (χ1n) is 6.98. The van der Waals surface area contributed by atoms with E-state index in [1.54, 1.807) is 18.5 Å². The van der Waals surface area contributed by atoms with Gasteiger partial charge in [-0.2, -0.15) is 0 Å². The van der Waals surface area contributed by atoms with E-state index >= 15 is 0 Å². The summed E-state index contributed by atoms with van der Waals surface area (Å²) in [6.45, 7) is 2.97. The van der Waals surface area contributed by atoms with Gasteiger partial charge < -0.3 is 10.3 Å². The molecule has 0 spiro atoms. The van der Waals surface area contributed by atoms with Gasteiger partial charge in [-0.1, -0.05) is 0 Å². The third kappa shape index (κ3) is 3.92. The summed E-state index contributed by atoms with van der Waals surface area (Å²) in [4.78, 5) is 19.7. The summed E-state index contributed by atoms with van der Waals surface area (Å²) in [5.74, 6) is 0.0950. The summed E-state index contributed by atoms with van der Waals surface area (Å²) in [6, 6.07) is 4.03. The van der Waals surface area contributed by atoms with Crippen LogP contribution in [-0.2, 0) is 6.54 Å². The second kappa shape index (κ2) is 7.82. The number of halogens is 2. The topological polar surface area (TPSA) is 73.3 Å². The molecule has 0 bridgehead atoms. The Morgan fingerprint density at radius 1 is 1.52 bits per heavy atom. The highest BCUT2D eigenvalue weighted by molar-refractivity contribution is 9.18. The molecule has 0 aliphatic rings. The van der Waals surface area contributed by atoms with Gasteiger partial charge in [0.25, 0.3) is 0 Å². The van der Waals surface area contributed by atoms with E-state index < -0.39 is 5.82 Å². The molecule has 0 saturated heterocycles. The maximum atomic E-state index is 13.3. The van der Waals surface area contributed by atoms with Crippen molar-refractivity contribution in [3.05, 3.63) is 53.7 Å². The Hall–Kier alpha value is -2.28. The minimum Gasteiger partial charge on any atom is -0.404 e. The molecule has 0 amide bonds. The molecule has 5 nitrogen and oxygen atoms in total. The molecule has 0 aliphatic heterocycles. The van der Waals surface area contributed by atoms with Crippen molar-refractivity contribution in [2.24, 2.45) is 10.7 Å². The summed E-state index contributed by atoms with van der Waals surface area (Å²) in [5.41, 5.74) is 7.26. The lowest BCUT2D eigenvalue weighted by Gasteiger charge is -2.11. The molecule has 0 aliphatic carbocycles. The minimum atomic E-state index is -0.464. The fourth-order valence-corrected chi connectivity index (χ4v) is 2.63. The predicted molar refractivity (Wildman–Crippen MR) is 92.2 cm³/mol. The van der Waals surface area contributed by atoms with Gasteiger partial charge in [0.1, 0.15) is 16.3 Å². The fourth-order valence-electron chi connectivity index (χ4n) is 2.13. The van der Waals surface area contributed by atoms with E-state index in [2.05, 4.69) is 25.9 Å². The molecule has 7 heteroatoms. The zero-order valence-electron chi connectivity index (χ0n) is 12.5. The van der Waals surface area contributed by atoms with Crippen molar-refractivity contribution in [3.8, 4) is 11.4 Å². The minimum absolute atomic E-state index is 0.247. The van der Waals surface area contributed by atoms with Gasteiger partial charge in [-0.25, -0.2) is 9.37 Å². The van der Waals surface area contributed by atoms with E-state index in [0.29, 0.717) is 35.4 Å². The first-order valence-corrected chi connectivity index (χ1v) is 7.77. The van der Waals surface area contributed by atoms with E-state index in [0.717, 1.165) is 5.57 Å². The van der Waals surface area contributed by atoms with Crippen molar-refractivity contribution in [2.75, 3.05) is 6.54 Å². The number of hydrogen-bond donors (Lipinski definition) is 1. The lowest BCUT2D eigenvalue weighted by Crippen LogP contribution is -2.09. The Morgan fingerprint density at radius 3 is 2.96 bits per heavy atom. The van der Waals surface area contributed by atoms with Gasteiger partial charge in [0, 0.05) is 41.8 Å². The Labute approximate surface area is 141 Å². The third-order valence-corrected chi connectivity index (χ3v) is 3.96. The molecule has 2 rings (SSSR count). The summed E-state index contributed by atoms with van der Waals surface area (Å²) < 4.78 is 15.8. The van der Waals surface area contributed by atoms with Gasteiger partial charge in [-0.15, -0.1) is 0 Å². The molecular formula is C16H16BrFN4O. The largest absolute Gasteiger partial charge is 0.404 e. The summed E-state index contributed by atoms with van der Waals surface area (Å²) in [7, 11) is 0. The number of nitrogens with two attached hydrogens (primary N) is 1. The molecule has 1 aromatic heterocycles. The molecular weight excluding hydrogens is 363 g/mol. The number of carbonyl (C=O) groups is 1. The van der Waals surface area contributed by atoms with Gasteiger partial charge in [0.2, 0.25) is 0 Å². The van der Waals surface area contributed by atoms with Crippen LogP contribution in [0, 0.1) is 5.82 Å².